The highest BCUT2D eigenvalue weighted by molar-refractivity contribution is 5.86. The average Bonchev–Trinajstić information content (AvgIpc) is 3.26. The molecule has 0 radical (unpaired) electrons. The van der Waals surface area contributed by atoms with E-state index < -0.39 is 17.1 Å². The van der Waals surface area contributed by atoms with Crippen LogP contribution in [-0.4, -0.2) is 30.8 Å². The van der Waals surface area contributed by atoms with E-state index in [2.05, 4.69) is 11.4 Å². The highest BCUT2D eigenvalue weighted by Gasteiger charge is 2.52. The number of carbonyl (C=O) groups excluding carboxylic acids is 2. The topological polar surface area (TPSA) is 64.6 Å². The van der Waals surface area contributed by atoms with Crippen LogP contribution in [0.4, 0.5) is 4.79 Å². The van der Waals surface area contributed by atoms with Crippen molar-refractivity contribution in [3.63, 3.8) is 0 Å². The van der Waals surface area contributed by atoms with E-state index in [4.69, 9.17) is 9.47 Å². The van der Waals surface area contributed by atoms with E-state index >= 15 is 0 Å². The van der Waals surface area contributed by atoms with Crippen LogP contribution in [0.3, 0.4) is 0 Å². The van der Waals surface area contributed by atoms with Crippen molar-refractivity contribution in [2.24, 2.45) is 0 Å². The molecule has 24 heavy (non-hydrogen) atoms. The molecular weight excluding hydrogens is 306 g/mol. The molecule has 1 aromatic rings. The normalized spacial score (nSPS) is 15.5. The zero-order valence-corrected chi connectivity index (χ0v) is 15.0. The third kappa shape index (κ3) is 4.98. The predicted octanol–water partition coefficient (Wildman–Crippen LogP) is 3.48. The van der Waals surface area contributed by atoms with E-state index in [0.29, 0.717) is 19.6 Å². The number of esters is 1. The molecule has 0 aliphatic heterocycles. The summed E-state index contributed by atoms with van der Waals surface area (Å²) in [5, 5.41) is 2.65. The number of rotatable bonds is 6. The molecule has 0 unspecified atom stereocenters. The van der Waals surface area contributed by atoms with Crippen molar-refractivity contribution in [3.05, 3.63) is 35.4 Å². The Morgan fingerprint density at radius 3 is 2.54 bits per heavy atom. The van der Waals surface area contributed by atoms with Crippen molar-refractivity contribution in [1.82, 2.24) is 5.32 Å². The smallest absolute Gasteiger partial charge is 0.407 e. The number of amides is 1. The number of hydrogen-bond acceptors (Lipinski definition) is 4. The van der Waals surface area contributed by atoms with Crippen molar-refractivity contribution in [2.75, 3.05) is 13.2 Å². The molecule has 132 valence electrons. The summed E-state index contributed by atoms with van der Waals surface area (Å²) in [5.41, 5.74) is 1.22. The number of aryl methyl sites for hydroxylation is 1. The lowest BCUT2D eigenvalue weighted by atomic mass is 9.95. The first-order chi connectivity index (χ1) is 11.2. The molecule has 1 saturated carbocycles. The molecule has 0 heterocycles. The third-order valence-corrected chi connectivity index (χ3v) is 3.93. The third-order valence-electron chi connectivity index (χ3n) is 3.93. The number of carbonyl (C=O) groups is 2. The number of benzene rings is 1. The molecule has 1 N–H and O–H groups in total. The number of nitrogens with one attached hydrogen (secondary N) is 1. The van der Waals surface area contributed by atoms with Gasteiger partial charge in [0.1, 0.15) is 5.60 Å². The summed E-state index contributed by atoms with van der Waals surface area (Å²) < 4.78 is 10.6. The Balaban J connectivity index is 1.71. The summed E-state index contributed by atoms with van der Waals surface area (Å²) in [7, 11) is 0. The van der Waals surface area contributed by atoms with E-state index in [1.54, 1.807) is 0 Å². The standard InChI is InChI=1S/C19H27NO4/c1-14-7-5-8-15(13-14)19(9-10-19)16(21)23-12-6-11-20-17(22)24-18(2,3)4/h5,7-8,13H,6,9-12H2,1-4H3,(H,20,22). The second kappa shape index (κ2) is 7.24. The van der Waals surface area contributed by atoms with Gasteiger partial charge in [-0.1, -0.05) is 29.8 Å². The Hall–Kier alpha value is -2.04. The highest BCUT2D eigenvalue weighted by atomic mass is 16.6. The van der Waals surface area contributed by atoms with Gasteiger partial charge in [-0.2, -0.15) is 0 Å². The molecule has 0 aromatic heterocycles. The molecule has 0 saturated heterocycles. The second-order valence-electron chi connectivity index (χ2n) is 7.37. The van der Waals surface area contributed by atoms with E-state index in [0.717, 1.165) is 24.0 Å². The van der Waals surface area contributed by atoms with Gasteiger partial charge in [-0.15, -0.1) is 0 Å². The van der Waals surface area contributed by atoms with Crippen LogP contribution in [0.2, 0.25) is 0 Å². The number of hydrogen-bond donors (Lipinski definition) is 1. The predicted molar refractivity (Wildman–Crippen MR) is 91.9 cm³/mol. The maximum Gasteiger partial charge on any atom is 0.407 e. The lowest BCUT2D eigenvalue weighted by Crippen LogP contribution is -2.33. The molecular formula is C19H27NO4. The summed E-state index contributed by atoms with van der Waals surface area (Å²) in [5.74, 6) is -0.162. The van der Waals surface area contributed by atoms with Crippen LogP contribution in [0.1, 0.15) is 51.2 Å². The minimum Gasteiger partial charge on any atom is -0.465 e. The molecule has 5 nitrogen and oxygen atoms in total. The van der Waals surface area contributed by atoms with Crippen LogP contribution in [0, 0.1) is 6.92 Å². The van der Waals surface area contributed by atoms with Gasteiger partial charge in [-0.3, -0.25) is 4.79 Å². The van der Waals surface area contributed by atoms with E-state index in [9.17, 15) is 9.59 Å². The first-order valence-corrected chi connectivity index (χ1v) is 8.44. The van der Waals surface area contributed by atoms with Crippen molar-refractivity contribution >= 4 is 12.1 Å². The Labute approximate surface area is 143 Å². The Morgan fingerprint density at radius 2 is 1.96 bits per heavy atom. The fraction of sp³-hybridized carbons (Fsp3) is 0.579. The van der Waals surface area contributed by atoms with Gasteiger partial charge in [-0.05, 0) is 52.5 Å². The first-order valence-electron chi connectivity index (χ1n) is 8.44. The van der Waals surface area contributed by atoms with Crippen LogP contribution in [0.5, 0.6) is 0 Å². The highest BCUT2D eigenvalue weighted by Crippen LogP contribution is 2.49. The van der Waals surface area contributed by atoms with Gasteiger partial charge in [-0.25, -0.2) is 4.79 Å². The van der Waals surface area contributed by atoms with E-state index in [1.165, 1.54) is 0 Å². The van der Waals surface area contributed by atoms with Gasteiger partial charge >= 0.3 is 12.1 Å². The minimum absolute atomic E-state index is 0.162. The molecule has 1 aromatic carbocycles. The van der Waals surface area contributed by atoms with Gasteiger partial charge in [0.15, 0.2) is 0 Å². The zero-order valence-electron chi connectivity index (χ0n) is 15.0. The molecule has 1 amide bonds. The summed E-state index contributed by atoms with van der Waals surface area (Å²) in [6.45, 7) is 8.17. The Bertz CT molecular complexity index is 600. The average molecular weight is 333 g/mol. The van der Waals surface area contributed by atoms with Crippen LogP contribution in [-0.2, 0) is 19.7 Å². The van der Waals surface area contributed by atoms with Gasteiger partial charge in [0.2, 0.25) is 0 Å². The maximum absolute atomic E-state index is 12.4. The Kier molecular flexibility index (Phi) is 5.52. The van der Waals surface area contributed by atoms with E-state index in [-0.39, 0.29) is 5.97 Å². The largest absolute Gasteiger partial charge is 0.465 e. The van der Waals surface area contributed by atoms with Gasteiger partial charge in [0.25, 0.3) is 0 Å². The van der Waals surface area contributed by atoms with Crippen LogP contribution >= 0.6 is 0 Å². The lowest BCUT2D eigenvalue weighted by Gasteiger charge is -2.19. The van der Waals surface area contributed by atoms with E-state index in [1.807, 2.05) is 45.9 Å². The monoisotopic (exact) mass is 333 g/mol. The van der Waals surface area contributed by atoms with Crippen LogP contribution in [0.15, 0.2) is 24.3 Å². The molecule has 0 atom stereocenters. The van der Waals surface area contributed by atoms with Gasteiger partial charge in [0.05, 0.1) is 12.0 Å². The molecule has 0 spiro atoms. The van der Waals surface area contributed by atoms with Crippen LogP contribution in [0.25, 0.3) is 0 Å². The summed E-state index contributed by atoms with van der Waals surface area (Å²) in [6, 6.07) is 8.04. The lowest BCUT2D eigenvalue weighted by molar-refractivity contribution is -0.146. The first kappa shape index (κ1) is 18.3. The molecule has 5 heteroatoms. The van der Waals surface area contributed by atoms with Crippen molar-refractivity contribution in [1.29, 1.82) is 0 Å². The zero-order chi connectivity index (χ0) is 17.8. The fourth-order valence-corrected chi connectivity index (χ4v) is 2.56. The van der Waals surface area contributed by atoms with Gasteiger partial charge in [0, 0.05) is 6.54 Å². The second-order valence-corrected chi connectivity index (χ2v) is 7.37. The maximum atomic E-state index is 12.4. The van der Waals surface area contributed by atoms with Crippen LogP contribution < -0.4 is 5.32 Å². The number of ether oxygens (including phenoxy) is 2. The minimum atomic E-state index is -0.511. The fourth-order valence-electron chi connectivity index (χ4n) is 2.56. The molecule has 1 aliphatic rings. The summed E-state index contributed by atoms with van der Waals surface area (Å²) in [4.78, 5) is 23.9. The number of alkyl carbamates (subject to hydrolysis) is 1. The molecule has 1 fully saturated rings. The quantitative estimate of drug-likeness (QED) is 0.639. The van der Waals surface area contributed by atoms with Crippen molar-refractivity contribution < 1.29 is 19.1 Å². The summed E-state index contributed by atoms with van der Waals surface area (Å²) in [6.07, 6.45) is 1.79. The van der Waals surface area contributed by atoms with Gasteiger partial charge < -0.3 is 14.8 Å². The van der Waals surface area contributed by atoms with Crippen molar-refractivity contribution in [2.45, 2.75) is 58.0 Å². The molecule has 1 aliphatic carbocycles. The molecule has 2 rings (SSSR count). The van der Waals surface area contributed by atoms with Crippen molar-refractivity contribution in [3.8, 4) is 0 Å². The Morgan fingerprint density at radius 1 is 1.25 bits per heavy atom. The molecule has 0 bridgehead atoms. The summed E-state index contributed by atoms with van der Waals surface area (Å²) >= 11 is 0. The SMILES string of the molecule is Cc1cccc(C2(C(=O)OCCCNC(=O)OC(C)(C)C)CC2)c1.